The number of carbonyl (C=O) groups excluding carboxylic acids is 7. The van der Waals surface area contributed by atoms with Crippen molar-refractivity contribution in [1.29, 1.82) is 0 Å². The van der Waals surface area contributed by atoms with E-state index in [9.17, 15) is 38.0 Å². The van der Waals surface area contributed by atoms with Crippen molar-refractivity contribution in [2.24, 2.45) is 0 Å². The molecule has 14 rings (SSSR count). The number of para-hydroxylation sites is 4. The lowest BCUT2D eigenvalue weighted by Crippen LogP contribution is -2.32. The molecule has 130 heavy (non-hydrogen) atoms. The minimum atomic E-state index is -0.212. The van der Waals surface area contributed by atoms with Crippen LogP contribution in [-0.4, -0.2) is 125 Å². The van der Waals surface area contributed by atoms with Gasteiger partial charge in [-0.2, -0.15) is 0 Å². The maximum absolute atomic E-state index is 13.7. The molecule has 2 aliphatic rings. The molecule has 26 heteroatoms. The van der Waals surface area contributed by atoms with Gasteiger partial charge in [-0.3, -0.25) is 43.4 Å². The molecule has 0 saturated heterocycles. The van der Waals surface area contributed by atoms with E-state index in [4.69, 9.17) is 16.3 Å². The van der Waals surface area contributed by atoms with Crippen molar-refractivity contribution in [3.63, 3.8) is 0 Å². The average Bonchev–Trinajstić information content (AvgIpc) is 1.63. The number of methoxy groups -OCH3 is 1. The van der Waals surface area contributed by atoms with Gasteiger partial charge in [0, 0.05) is 168 Å². The maximum Gasteiger partial charge on any atom is 0.254 e. The second-order valence-electron chi connectivity index (χ2n) is 32.0. The summed E-state index contributed by atoms with van der Waals surface area (Å²) in [5.74, 6) is 3.87. The fraction of sp³-hybridized carbons (Fsp3) is 0.337. The molecule has 2 aliphatic carbocycles. The summed E-state index contributed by atoms with van der Waals surface area (Å²) in [6.07, 6.45) is 36.8. The molecular weight excluding hydrogens is 1660 g/mol. The molecule has 2 fully saturated rings. The van der Waals surface area contributed by atoms with Crippen LogP contribution in [0.1, 0.15) is 241 Å². The monoisotopic (exact) mass is 1770 g/mol. The largest absolute Gasteiger partial charge is 0.496 e. The van der Waals surface area contributed by atoms with Gasteiger partial charge in [0.05, 0.1) is 45.6 Å². The summed E-state index contributed by atoms with van der Waals surface area (Å²) in [5.41, 5.74) is 10.9. The van der Waals surface area contributed by atoms with E-state index in [1.54, 1.807) is 82.9 Å². The van der Waals surface area contributed by atoms with Crippen molar-refractivity contribution in [3.8, 4) is 5.75 Å². The Hall–Kier alpha value is -13.6. The summed E-state index contributed by atoms with van der Waals surface area (Å²) in [4.78, 5) is 130. The Kier molecular flexibility index (Phi) is 39.5. The SMILES string of the molecule is CCC(=O)c1cnc(CC2(c3cccc(F)c3)CCCCC2)nc1.CCC(=O)c1cnc(CC2(c3ccccc3)CC2)nc1.CCC(=O)c1cnc(CCc2cc(C)ccc2OC)nc1.CNC(=O)CCCCCCNC(=O)c1cnc(N(c2ccccc2)c2ccccc2)nc1.CNC(=O)CCCCCCNC(=O)c1cnc(N(c2ccccc2)c2ccccc2Cl)nc1. The highest BCUT2D eigenvalue weighted by molar-refractivity contribution is 6.33. The minimum absolute atomic E-state index is 0.0547. The van der Waals surface area contributed by atoms with E-state index in [1.807, 2.05) is 170 Å². The Balaban J connectivity index is 0.000000171. The van der Waals surface area contributed by atoms with Gasteiger partial charge in [-0.15, -0.1) is 0 Å². The number of halogens is 2. The standard InChI is InChI=1S/C25H28ClN5O2.C25H29N5O2.C20H23FN2O.C17H20N2O2.C17H18N2O/c1-27-23(32)15-7-2-3-10-16-28-24(33)19-17-29-25(30-18-19)31(20-11-5-4-6-12-20)22-14-9-8-13-21(22)26;1-26-23(31)16-10-2-3-11-17-27-24(32)20-18-28-25(29-19-20)30(21-12-6-4-7-13-21)22-14-8-5-9-15-22;1-2-18(24)15-13-22-19(23-14-15)12-20(9-4-3-5-10-20)16-7-6-8-17(21)11-16;1-4-15(20)14-10-18-17(19-11-14)8-6-13-9-12(2)5-7-16(13)21-3;1-2-15(20)13-11-18-16(19-12-13)10-17(8-9-17)14-6-4-3-5-7-14/h4-6,8-9,11-14,17-18H,2-3,7,10,15-16H2,1H3,(H,27,32)(H,28,33);4-9,12-15,18-19H,2-3,10-11,16-17H2,1H3,(H,26,31)(H,27,32);6-8,11,13-14H,2-5,9-10,12H2,1H3;5,7,9-11H,4,6,8H2,1-3H3;3-7,11-12H,2,8-10H2,1H3. The number of ether oxygens (including phenoxy) is 1. The number of unbranched alkanes of at least 4 members (excludes halogenated alkanes) is 6. The van der Waals surface area contributed by atoms with Gasteiger partial charge in [0.25, 0.3) is 11.8 Å². The van der Waals surface area contributed by atoms with Crippen LogP contribution in [0.25, 0.3) is 0 Å². The number of Topliss-reactive ketones (excluding diaryl/α,β-unsaturated/α-hetero) is 3. The summed E-state index contributed by atoms with van der Waals surface area (Å²) >= 11 is 6.44. The van der Waals surface area contributed by atoms with Crippen molar-refractivity contribution >= 4 is 87.2 Å². The van der Waals surface area contributed by atoms with Crippen LogP contribution in [0, 0.1) is 12.7 Å². The molecule has 4 N–H and O–H groups in total. The van der Waals surface area contributed by atoms with E-state index < -0.39 is 0 Å². The Morgan fingerprint density at radius 3 is 1.22 bits per heavy atom. The molecule has 2 saturated carbocycles. The van der Waals surface area contributed by atoms with Crippen LogP contribution in [-0.2, 0) is 46.1 Å². The molecule has 0 spiro atoms. The summed E-state index contributed by atoms with van der Waals surface area (Å²) in [7, 11) is 4.97. The predicted molar refractivity (Wildman–Crippen MR) is 508 cm³/mol. The van der Waals surface area contributed by atoms with Gasteiger partial charge in [-0.05, 0) is 148 Å². The lowest BCUT2D eigenvalue weighted by molar-refractivity contribution is -0.121. The molecule has 24 nitrogen and oxygen atoms in total. The van der Waals surface area contributed by atoms with E-state index in [1.165, 1.54) is 48.8 Å². The van der Waals surface area contributed by atoms with Crippen LogP contribution in [0.5, 0.6) is 5.75 Å². The van der Waals surface area contributed by atoms with Gasteiger partial charge in [0.1, 0.15) is 29.0 Å². The predicted octanol–water partition coefficient (Wildman–Crippen LogP) is 20.6. The van der Waals surface area contributed by atoms with Gasteiger partial charge in [0.15, 0.2) is 17.3 Å². The van der Waals surface area contributed by atoms with Crippen LogP contribution in [0.4, 0.5) is 39.0 Å². The van der Waals surface area contributed by atoms with Gasteiger partial charge < -0.3 is 26.0 Å². The van der Waals surface area contributed by atoms with E-state index in [-0.39, 0.29) is 57.6 Å². The molecular formula is C104H118ClFN16O8. The first kappa shape index (κ1) is 98.6. The van der Waals surface area contributed by atoms with E-state index in [0.29, 0.717) is 96.4 Å². The number of benzene rings is 7. The molecule has 12 aromatic rings. The summed E-state index contributed by atoms with van der Waals surface area (Å²) in [6, 6.07) is 60.6. The number of aromatic nitrogens is 10. The highest BCUT2D eigenvalue weighted by atomic mass is 35.5. The lowest BCUT2D eigenvalue weighted by Gasteiger charge is -2.37. The van der Waals surface area contributed by atoms with Crippen LogP contribution >= 0.6 is 11.6 Å². The number of ketones is 3. The zero-order chi connectivity index (χ0) is 92.3. The second kappa shape index (κ2) is 52.1. The molecule has 4 amide bonds. The average molecular weight is 1770 g/mol. The van der Waals surface area contributed by atoms with Crippen molar-refractivity contribution < 1.29 is 42.7 Å². The first-order valence-electron chi connectivity index (χ1n) is 44.9. The third kappa shape index (κ3) is 30.3. The van der Waals surface area contributed by atoms with E-state index in [0.717, 1.165) is 153 Å². The van der Waals surface area contributed by atoms with Crippen LogP contribution in [0.3, 0.4) is 0 Å². The van der Waals surface area contributed by atoms with Gasteiger partial charge in [-0.1, -0.05) is 204 Å². The Morgan fingerprint density at radius 1 is 0.408 bits per heavy atom. The van der Waals surface area contributed by atoms with Crippen LogP contribution < -0.4 is 35.8 Å². The summed E-state index contributed by atoms with van der Waals surface area (Å²) < 4.78 is 19.1. The first-order valence-corrected chi connectivity index (χ1v) is 45.3. The normalized spacial score (nSPS) is 12.4. The Morgan fingerprint density at radius 2 is 0.800 bits per heavy atom. The molecule has 0 atom stereocenters. The van der Waals surface area contributed by atoms with E-state index >= 15 is 0 Å². The molecule has 7 aromatic carbocycles. The number of hydrogen-bond acceptors (Lipinski definition) is 20. The number of nitrogens with zero attached hydrogens (tertiary/aromatic N) is 12. The molecule has 5 aromatic heterocycles. The van der Waals surface area contributed by atoms with Gasteiger partial charge in [0.2, 0.25) is 23.7 Å². The third-order valence-electron chi connectivity index (χ3n) is 22.7. The van der Waals surface area contributed by atoms with Crippen LogP contribution in [0.2, 0.25) is 5.02 Å². The van der Waals surface area contributed by atoms with Crippen molar-refractivity contribution in [2.45, 2.75) is 193 Å². The zero-order valence-corrected chi connectivity index (χ0v) is 76.2. The summed E-state index contributed by atoms with van der Waals surface area (Å²) in [5, 5.41) is 11.6. The quantitative estimate of drug-likeness (QED) is 0.0206. The highest BCUT2D eigenvalue weighted by Gasteiger charge is 2.45. The van der Waals surface area contributed by atoms with Crippen molar-refractivity contribution in [1.82, 2.24) is 71.1 Å². The fourth-order valence-electron chi connectivity index (χ4n) is 15.1. The molecule has 5 heterocycles. The molecule has 0 unspecified atom stereocenters. The Labute approximate surface area is 767 Å². The molecule has 0 aliphatic heterocycles. The number of carbonyl (C=O) groups is 7. The van der Waals surface area contributed by atoms with Crippen LogP contribution in [0.15, 0.2) is 250 Å². The van der Waals surface area contributed by atoms with Crippen molar-refractivity contribution in [3.05, 3.63) is 328 Å². The van der Waals surface area contributed by atoms with Gasteiger partial charge in [-0.25, -0.2) is 54.2 Å². The number of hydrogen-bond donors (Lipinski definition) is 4. The number of amides is 4. The van der Waals surface area contributed by atoms with Crippen molar-refractivity contribution in [2.75, 3.05) is 44.1 Å². The van der Waals surface area contributed by atoms with Gasteiger partial charge >= 0.3 is 0 Å². The zero-order valence-electron chi connectivity index (χ0n) is 75.4. The molecule has 0 bridgehead atoms. The number of aryl methyl sites for hydroxylation is 3. The Bertz CT molecular complexity index is 5490. The third-order valence-corrected chi connectivity index (χ3v) is 23.0. The fourth-order valence-corrected chi connectivity index (χ4v) is 15.3. The molecule has 676 valence electrons. The number of nitrogens with one attached hydrogen (secondary N) is 4. The first-order chi connectivity index (χ1) is 63.3. The minimum Gasteiger partial charge on any atom is -0.496 e. The highest BCUT2D eigenvalue weighted by Crippen LogP contribution is 2.50. The lowest BCUT2D eigenvalue weighted by atomic mass is 9.67. The number of rotatable bonds is 38. The maximum atomic E-state index is 13.7. The molecule has 0 radical (unpaired) electrons. The number of anilines is 6. The second-order valence-corrected chi connectivity index (χ2v) is 32.4. The topological polar surface area (TPSA) is 312 Å². The van der Waals surface area contributed by atoms with E-state index in [2.05, 4.69) is 108 Å². The summed E-state index contributed by atoms with van der Waals surface area (Å²) in [6.45, 7) is 8.73. The smallest absolute Gasteiger partial charge is 0.254 e.